The van der Waals surface area contributed by atoms with Gasteiger partial charge in [-0.05, 0) is 26.8 Å². The summed E-state index contributed by atoms with van der Waals surface area (Å²) in [6.07, 6.45) is 0. The van der Waals surface area contributed by atoms with Gasteiger partial charge in [0.2, 0.25) is 5.95 Å². The first-order valence-corrected chi connectivity index (χ1v) is 7.96. The molecule has 0 bridgehead atoms. The Bertz CT molecular complexity index is 1110. The molecule has 2 N–H and O–H groups in total. The van der Waals surface area contributed by atoms with Gasteiger partial charge in [-0.2, -0.15) is 9.78 Å². The van der Waals surface area contributed by atoms with Crippen molar-refractivity contribution in [1.29, 1.82) is 0 Å². The summed E-state index contributed by atoms with van der Waals surface area (Å²) in [5, 5.41) is 18.0. The number of carbonyl (C=O) groups excluding carboxylic acids is 1. The zero-order chi connectivity index (χ0) is 19.7. The number of H-pyrrole nitrogens is 1. The summed E-state index contributed by atoms with van der Waals surface area (Å²) in [4.78, 5) is 41.6. The molecule has 2 heterocycles. The number of anilines is 1. The van der Waals surface area contributed by atoms with Crippen LogP contribution < -0.4 is 10.9 Å². The van der Waals surface area contributed by atoms with Crippen LogP contribution in [0.5, 0.6) is 0 Å². The molecule has 0 saturated carbocycles. The third-order valence-corrected chi connectivity index (χ3v) is 3.80. The van der Waals surface area contributed by atoms with Gasteiger partial charge in [-0.15, -0.1) is 0 Å². The monoisotopic (exact) mass is 368 g/mol. The van der Waals surface area contributed by atoms with Crippen LogP contribution in [0.15, 0.2) is 35.1 Å². The Hall–Kier alpha value is -3.82. The van der Waals surface area contributed by atoms with Crippen LogP contribution in [0.1, 0.15) is 27.3 Å². The number of rotatable bonds is 4. The van der Waals surface area contributed by atoms with Crippen LogP contribution >= 0.6 is 0 Å². The molecule has 0 unspecified atom stereocenters. The Kier molecular flexibility index (Phi) is 4.55. The van der Waals surface area contributed by atoms with Gasteiger partial charge < -0.3 is 5.32 Å². The Labute approximate surface area is 153 Å². The SMILES string of the molecule is Cc1cc(=O)[nH]c(-n2nc(C)cc2NC(=O)c2ccc(C)c([N+](=O)[O-])c2)n1. The molecular weight excluding hydrogens is 352 g/mol. The van der Waals surface area contributed by atoms with E-state index >= 15 is 0 Å². The molecule has 138 valence electrons. The lowest BCUT2D eigenvalue weighted by Gasteiger charge is -2.09. The molecule has 0 atom stereocenters. The molecule has 0 aliphatic rings. The summed E-state index contributed by atoms with van der Waals surface area (Å²) in [7, 11) is 0. The highest BCUT2D eigenvalue weighted by atomic mass is 16.6. The molecule has 2 aromatic heterocycles. The van der Waals surface area contributed by atoms with Crippen LogP contribution in [-0.4, -0.2) is 30.6 Å². The zero-order valence-corrected chi connectivity index (χ0v) is 14.8. The van der Waals surface area contributed by atoms with Crippen LogP contribution in [0.4, 0.5) is 11.5 Å². The fraction of sp³-hybridized carbons (Fsp3) is 0.176. The van der Waals surface area contributed by atoms with Gasteiger partial charge in [0.1, 0.15) is 5.82 Å². The second-order valence-corrected chi connectivity index (χ2v) is 6.01. The number of nitro groups is 1. The summed E-state index contributed by atoms with van der Waals surface area (Å²) < 4.78 is 1.30. The van der Waals surface area contributed by atoms with Gasteiger partial charge in [0.05, 0.1) is 10.6 Å². The minimum Gasteiger partial charge on any atom is -0.306 e. The molecule has 27 heavy (non-hydrogen) atoms. The number of aromatic amines is 1. The number of nitrogens with one attached hydrogen (secondary N) is 2. The third-order valence-electron chi connectivity index (χ3n) is 3.80. The average Bonchev–Trinajstić information content (AvgIpc) is 2.94. The summed E-state index contributed by atoms with van der Waals surface area (Å²) in [5.41, 5.74) is 1.18. The highest BCUT2D eigenvalue weighted by Gasteiger charge is 2.18. The van der Waals surface area contributed by atoms with E-state index in [1.54, 1.807) is 26.8 Å². The first-order chi connectivity index (χ1) is 12.7. The van der Waals surface area contributed by atoms with Gasteiger partial charge in [-0.3, -0.25) is 24.7 Å². The van der Waals surface area contributed by atoms with Gasteiger partial charge >= 0.3 is 0 Å². The number of hydrogen-bond acceptors (Lipinski definition) is 6. The van der Waals surface area contributed by atoms with E-state index in [0.29, 0.717) is 17.0 Å². The number of carbonyl (C=O) groups is 1. The van der Waals surface area contributed by atoms with Gasteiger partial charge in [0.15, 0.2) is 0 Å². The number of aromatic nitrogens is 4. The van der Waals surface area contributed by atoms with E-state index in [1.807, 2.05) is 0 Å². The highest BCUT2D eigenvalue weighted by molar-refractivity contribution is 6.04. The molecule has 0 radical (unpaired) electrons. The van der Waals surface area contributed by atoms with E-state index in [0.717, 1.165) is 0 Å². The van der Waals surface area contributed by atoms with Crippen molar-refractivity contribution in [3.8, 4) is 5.95 Å². The van der Waals surface area contributed by atoms with Gasteiger partial charge in [-0.1, -0.05) is 6.07 Å². The van der Waals surface area contributed by atoms with E-state index < -0.39 is 10.8 Å². The van der Waals surface area contributed by atoms with Crippen LogP contribution in [0.2, 0.25) is 0 Å². The maximum Gasteiger partial charge on any atom is 0.273 e. The van der Waals surface area contributed by atoms with Crippen molar-refractivity contribution in [1.82, 2.24) is 19.7 Å². The molecule has 3 aromatic rings. The van der Waals surface area contributed by atoms with Crippen molar-refractivity contribution in [2.24, 2.45) is 0 Å². The maximum absolute atomic E-state index is 12.6. The predicted octanol–water partition coefficient (Wildman–Crippen LogP) is 2.04. The van der Waals surface area contributed by atoms with Crippen LogP contribution in [-0.2, 0) is 0 Å². The van der Waals surface area contributed by atoms with E-state index in [1.165, 1.54) is 28.9 Å². The quantitative estimate of drug-likeness (QED) is 0.534. The number of benzene rings is 1. The summed E-state index contributed by atoms with van der Waals surface area (Å²) in [5.74, 6) is -0.123. The van der Waals surface area contributed by atoms with Crippen molar-refractivity contribution in [3.05, 3.63) is 73.3 Å². The van der Waals surface area contributed by atoms with E-state index in [2.05, 4.69) is 20.4 Å². The Morgan fingerprint density at radius 1 is 1.19 bits per heavy atom. The van der Waals surface area contributed by atoms with E-state index in [-0.39, 0.29) is 28.6 Å². The maximum atomic E-state index is 12.6. The number of nitrogens with zero attached hydrogens (tertiary/aromatic N) is 4. The lowest BCUT2D eigenvalue weighted by Crippen LogP contribution is -2.19. The average molecular weight is 368 g/mol. The van der Waals surface area contributed by atoms with E-state index in [4.69, 9.17) is 0 Å². The lowest BCUT2D eigenvalue weighted by molar-refractivity contribution is -0.385. The normalized spacial score (nSPS) is 10.6. The Morgan fingerprint density at radius 3 is 2.59 bits per heavy atom. The third kappa shape index (κ3) is 3.73. The molecule has 3 rings (SSSR count). The fourth-order valence-corrected chi connectivity index (χ4v) is 2.55. The summed E-state index contributed by atoms with van der Waals surface area (Å²) in [6, 6.07) is 7.16. The van der Waals surface area contributed by atoms with Crippen molar-refractivity contribution in [2.75, 3.05) is 5.32 Å². The minimum atomic E-state index is -0.547. The summed E-state index contributed by atoms with van der Waals surface area (Å²) in [6.45, 7) is 4.98. The number of hydrogen-bond donors (Lipinski definition) is 2. The second kappa shape index (κ2) is 6.83. The predicted molar refractivity (Wildman–Crippen MR) is 97.2 cm³/mol. The second-order valence-electron chi connectivity index (χ2n) is 6.01. The molecule has 0 aliphatic heterocycles. The first kappa shape index (κ1) is 18.0. The molecular formula is C17H16N6O4. The first-order valence-electron chi connectivity index (χ1n) is 7.96. The van der Waals surface area contributed by atoms with Gasteiger partial charge in [-0.25, -0.2) is 4.98 Å². The summed E-state index contributed by atoms with van der Waals surface area (Å²) >= 11 is 0. The number of aryl methyl sites for hydroxylation is 3. The molecule has 0 spiro atoms. The van der Waals surface area contributed by atoms with Crippen molar-refractivity contribution in [3.63, 3.8) is 0 Å². The lowest BCUT2D eigenvalue weighted by atomic mass is 10.1. The molecule has 0 saturated heterocycles. The number of nitro benzene ring substituents is 1. The molecule has 0 fully saturated rings. The van der Waals surface area contributed by atoms with Crippen molar-refractivity contribution >= 4 is 17.4 Å². The highest BCUT2D eigenvalue weighted by Crippen LogP contribution is 2.21. The zero-order valence-electron chi connectivity index (χ0n) is 14.8. The molecule has 1 amide bonds. The molecule has 1 aromatic carbocycles. The molecule has 10 nitrogen and oxygen atoms in total. The van der Waals surface area contributed by atoms with Crippen LogP contribution in [0.25, 0.3) is 5.95 Å². The fourth-order valence-electron chi connectivity index (χ4n) is 2.55. The largest absolute Gasteiger partial charge is 0.306 e. The van der Waals surface area contributed by atoms with Crippen LogP contribution in [0.3, 0.4) is 0 Å². The number of amides is 1. The van der Waals surface area contributed by atoms with E-state index in [9.17, 15) is 19.7 Å². The van der Waals surface area contributed by atoms with Gasteiger partial charge in [0, 0.05) is 35.0 Å². The van der Waals surface area contributed by atoms with Gasteiger partial charge in [0.25, 0.3) is 17.2 Å². The smallest absolute Gasteiger partial charge is 0.273 e. The standard InChI is InChI=1S/C17H16N6O4/c1-9-4-5-12(8-13(9)23(26)27)16(25)19-14-6-11(3)21-22(14)17-18-10(2)7-15(24)20-17/h4-8H,1-3H3,(H,19,25)(H,18,20,24). The van der Waals surface area contributed by atoms with Crippen molar-refractivity contribution in [2.45, 2.75) is 20.8 Å². The van der Waals surface area contributed by atoms with Crippen LogP contribution in [0, 0.1) is 30.9 Å². The molecule has 10 heteroatoms. The minimum absolute atomic E-state index is 0.128. The Morgan fingerprint density at radius 2 is 1.93 bits per heavy atom. The topological polar surface area (TPSA) is 136 Å². The Balaban J connectivity index is 1.97. The van der Waals surface area contributed by atoms with Crippen molar-refractivity contribution < 1.29 is 9.72 Å². The molecule has 0 aliphatic carbocycles.